The molecule has 0 aliphatic carbocycles. The van der Waals surface area contributed by atoms with Crippen LogP contribution < -0.4 is 10.5 Å². The van der Waals surface area contributed by atoms with E-state index in [4.69, 9.17) is 10.5 Å². The van der Waals surface area contributed by atoms with E-state index < -0.39 is 0 Å². The predicted octanol–water partition coefficient (Wildman–Crippen LogP) is 2.29. The third-order valence-corrected chi connectivity index (χ3v) is 5.09. The zero-order valence-electron chi connectivity index (χ0n) is 15.2. The summed E-state index contributed by atoms with van der Waals surface area (Å²) in [6, 6.07) is 15.7. The maximum absolute atomic E-state index is 12.1. The number of hydrogen-bond acceptors (Lipinski definition) is 4. The Hall–Kier alpha value is -3.12. The Labute approximate surface area is 158 Å². The lowest BCUT2D eigenvalue weighted by Gasteiger charge is -2.35. The summed E-state index contributed by atoms with van der Waals surface area (Å²) in [7, 11) is 1.65. The number of primary amides is 1. The van der Waals surface area contributed by atoms with Gasteiger partial charge in [-0.05, 0) is 47.4 Å². The van der Waals surface area contributed by atoms with Gasteiger partial charge in [-0.15, -0.1) is 0 Å². The van der Waals surface area contributed by atoms with E-state index in [1.807, 2.05) is 47.3 Å². The summed E-state index contributed by atoms with van der Waals surface area (Å²) in [6.45, 7) is 1.26. The van der Waals surface area contributed by atoms with Crippen molar-refractivity contribution in [2.45, 2.75) is 25.6 Å². The van der Waals surface area contributed by atoms with Crippen molar-refractivity contribution < 1.29 is 9.53 Å². The van der Waals surface area contributed by atoms with Crippen LogP contribution >= 0.6 is 0 Å². The fourth-order valence-electron chi connectivity index (χ4n) is 3.69. The first kappa shape index (κ1) is 17.3. The quantitative estimate of drug-likeness (QED) is 0.756. The molecule has 3 aromatic rings. The van der Waals surface area contributed by atoms with Gasteiger partial charge < -0.3 is 10.5 Å². The van der Waals surface area contributed by atoms with Gasteiger partial charge in [0.25, 0.3) is 0 Å². The Morgan fingerprint density at radius 2 is 2.04 bits per heavy atom. The van der Waals surface area contributed by atoms with E-state index in [0.717, 1.165) is 17.0 Å². The molecule has 0 saturated heterocycles. The molecule has 0 saturated carbocycles. The largest absolute Gasteiger partial charge is 0.497 e. The first-order chi connectivity index (χ1) is 13.2. The molecule has 1 aliphatic rings. The number of methoxy groups -OCH3 is 1. The van der Waals surface area contributed by atoms with Crippen LogP contribution in [0, 0.1) is 0 Å². The predicted molar refractivity (Wildman–Crippen MR) is 102 cm³/mol. The number of nitrogens with two attached hydrogens (primary N) is 1. The minimum Gasteiger partial charge on any atom is -0.497 e. The number of fused-ring (bicyclic) bond motifs is 1. The molecule has 4 rings (SSSR count). The molecule has 0 bridgehead atoms. The molecule has 6 nitrogen and oxygen atoms in total. The Morgan fingerprint density at radius 1 is 1.22 bits per heavy atom. The number of carbonyl (C=O) groups excluding carboxylic acids is 1. The topological polar surface area (TPSA) is 73.4 Å². The lowest BCUT2D eigenvalue weighted by molar-refractivity contribution is -0.124. The number of benzene rings is 2. The molecular weight excluding hydrogens is 340 g/mol. The third-order valence-electron chi connectivity index (χ3n) is 5.09. The van der Waals surface area contributed by atoms with Crippen LogP contribution in [0.2, 0.25) is 0 Å². The Balaban J connectivity index is 1.71. The zero-order valence-corrected chi connectivity index (χ0v) is 15.2. The number of ether oxygens (including phenoxy) is 1. The van der Waals surface area contributed by atoms with Gasteiger partial charge in [-0.1, -0.05) is 24.3 Å². The maximum Gasteiger partial charge on any atom is 0.235 e. The summed E-state index contributed by atoms with van der Waals surface area (Å²) < 4.78 is 7.23. The van der Waals surface area contributed by atoms with Gasteiger partial charge in [0.05, 0.1) is 18.8 Å². The highest BCUT2D eigenvalue weighted by molar-refractivity contribution is 5.80. The van der Waals surface area contributed by atoms with Gasteiger partial charge >= 0.3 is 0 Å². The van der Waals surface area contributed by atoms with Crippen molar-refractivity contribution in [3.05, 3.63) is 77.6 Å². The molecule has 138 valence electrons. The first-order valence-corrected chi connectivity index (χ1v) is 8.93. The van der Waals surface area contributed by atoms with Crippen molar-refractivity contribution >= 4 is 5.91 Å². The second-order valence-corrected chi connectivity index (χ2v) is 6.74. The lowest BCUT2D eigenvalue weighted by atomic mass is 9.93. The minimum absolute atomic E-state index is 0.298. The molecule has 27 heavy (non-hydrogen) atoms. The van der Waals surface area contributed by atoms with E-state index >= 15 is 0 Å². The number of aromatic nitrogens is 2. The molecule has 2 aromatic carbocycles. The molecular formula is C21H22N4O2. The minimum atomic E-state index is -0.337. The summed E-state index contributed by atoms with van der Waals surface area (Å²) in [4.78, 5) is 14.3. The average Bonchev–Trinajstić information content (AvgIpc) is 3.21. The third kappa shape index (κ3) is 3.44. The standard InChI is InChI=1S/C21H22N4O2/c1-27-18-7-8-19(25-10-4-9-23-25)17(11-18)14-24-13-16-6-3-2-5-15(16)12-20(24)21(22)26/h2-11,20H,12-14H2,1H3,(H2,22,26). The molecule has 1 aliphatic heterocycles. The van der Waals surface area contributed by atoms with Crippen molar-refractivity contribution in [1.82, 2.24) is 14.7 Å². The van der Waals surface area contributed by atoms with E-state index in [9.17, 15) is 4.79 Å². The van der Waals surface area contributed by atoms with Gasteiger partial charge in [-0.25, -0.2) is 4.68 Å². The van der Waals surface area contributed by atoms with Crippen LogP contribution in [0.5, 0.6) is 5.75 Å². The number of carbonyl (C=O) groups is 1. The first-order valence-electron chi connectivity index (χ1n) is 8.93. The molecule has 0 fully saturated rings. The van der Waals surface area contributed by atoms with Gasteiger partial charge in [0.15, 0.2) is 0 Å². The monoisotopic (exact) mass is 362 g/mol. The van der Waals surface area contributed by atoms with E-state index in [2.05, 4.69) is 22.1 Å². The molecule has 1 amide bonds. The van der Waals surface area contributed by atoms with E-state index in [-0.39, 0.29) is 11.9 Å². The van der Waals surface area contributed by atoms with Crippen LogP contribution in [0.25, 0.3) is 5.69 Å². The number of nitrogens with zero attached hydrogens (tertiary/aromatic N) is 3. The highest BCUT2D eigenvalue weighted by atomic mass is 16.5. The smallest absolute Gasteiger partial charge is 0.235 e. The summed E-state index contributed by atoms with van der Waals surface area (Å²) >= 11 is 0. The van der Waals surface area contributed by atoms with Crippen molar-refractivity contribution in [1.29, 1.82) is 0 Å². The fraction of sp³-hybridized carbons (Fsp3) is 0.238. The van der Waals surface area contributed by atoms with Crippen molar-refractivity contribution in [3.63, 3.8) is 0 Å². The number of hydrogen-bond donors (Lipinski definition) is 1. The van der Waals surface area contributed by atoms with Crippen molar-refractivity contribution in [3.8, 4) is 11.4 Å². The van der Waals surface area contributed by atoms with Crippen LogP contribution in [0.1, 0.15) is 16.7 Å². The molecule has 1 atom stereocenters. The van der Waals surface area contributed by atoms with Crippen LogP contribution in [0.4, 0.5) is 0 Å². The van der Waals surface area contributed by atoms with E-state index in [1.165, 1.54) is 11.1 Å². The lowest BCUT2D eigenvalue weighted by Crippen LogP contribution is -2.48. The van der Waals surface area contributed by atoms with Crippen molar-refractivity contribution in [2.75, 3.05) is 7.11 Å². The van der Waals surface area contributed by atoms with Crippen LogP contribution in [0.15, 0.2) is 60.9 Å². The molecule has 1 aromatic heterocycles. The van der Waals surface area contributed by atoms with Gasteiger partial charge in [0.2, 0.25) is 5.91 Å². The maximum atomic E-state index is 12.1. The van der Waals surface area contributed by atoms with E-state index in [0.29, 0.717) is 19.5 Å². The van der Waals surface area contributed by atoms with Crippen molar-refractivity contribution in [2.24, 2.45) is 5.73 Å². The van der Waals surface area contributed by atoms with Crippen LogP contribution in [-0.4, -0.2) is 33.7 Å². The van der Waals surface area contributed by atoms with Gasteiger partial charge in [0.1, 0.15) is 5.75 Å². The normalized spacial score (nSPS) is 16.7. The SMILES string of the molecule is COc1ccc(-n2cccn2)c(CN2Cc3ccccc3CC2C(N)=O)c1. The molecule has 0 radical (unpaired) electrons. The number of amides is 1. The van der Waals surface area contributed by atoms with Gasteiger partial charge in [-0.2, -0.15) is 5.10 Å². The summed E-state index contributed by atoms with van der Waals surface area (Å²) in [5, 5.41) is 4.35. The molecule has 2 heterocycles. The Kier molecular flexibility index (Phi) is 4.64. The zero-order chi connectivity index (χ0) is 18.8. The second kappa shape index (κ2) is 7.25. The second-order valence-electron chi connectivity index (χ2n) is 6.74. The fourth-order valence-corrected chi connectivity index (χ4v) is 3.69. The van der Waals surface area contributed by atoms with Crippen LogP contribution in [-0.2, 0) is 24.3 Å². The summed E-state index contributed by atoms with van der Waals surface area (Å²) in [5.41, 5.74) is 10.2. The highest BCUT2D eigenvalue weighted by Gasteiger charge is 2.30. The molecule has 0 spiro atoms. The van der Waals surface area contributed by atoms with Gasteiger partial charge in [-0.3, -0.25) is 9.69 Å². The number of rotatable bonds is 5. The summed E-state index contributed by atoms with van der Waals surface area (Å²) in [5.74, 6) is 0.474. The van der Waals surface area contributed by atoms with Crippen LogP contribution in [0.3, 0.4) is 0 Å². The Morgan fingerprint density at radius 3 is 2.74 bits per heavy atom. The average molecular weight is 362 g/mol. The Bertz CT molecular complexity index is 953. The highest BCUT2D eigenvalue weighted by Crippen LogP contribution is 2.28. The molecule has 1 unspecified atom stereocenters. The molecule has 6 heteroatoms. The summed E-state index contributed by atoms with van der Waals surface area (Å²) in [6.07, 6.45) is 4.28. The van der Waals surface area contributed by atoms with Gasteiger partial charge in [0, 0.05) is 25.5 Å². The van der Waals surface area contributed by atoms with E-state index in [1.54, 1.807) is 13.3 Å². The molecule has 2 N–H and O–H groups in total.